The van der Waals surface area contributed by atoms with Crippen molar-refractivity contribution >= 4 is 47.4 Å². The first-order valence-electron chi connectivity index (χ1n) is 10.5. The fraction of sp³-hybridized carbons (Fsp3) is 0.571. The van der Waals surface area contributed by atoms with E-state index >= 15 is 0 Å². The number of hydrogen-bond acceptors (Lipinski definition) is 5. The van der Waals surface area contributed by atoms with Crippen LogP contribution in [0.2, 0.25) is 0 Å². The number of nitrogens with two attached hydrogens (primary N) is 1. The monoisotopic (exact) mass is 561 g/mol. The van der Waals surface area contributed by atoms with E-state index in [0.29, 0.717) is 18.4 Å². The lowest BCUT2D eigenvalue weighted by molar-refractivity contribution is 0.380. The smallest absolute Gasteiger partial charge is 0.191 e. The van der Waals surface area contributed by atoms with Crippen LogP contribution in [-0.2, 0) is 13.0 Å². The lowest BCUT2D eigenvalue weighted by atomic mass is 10.2. The fourth-order valence-corrected chi connectivity index (χ4v) is 4.10. The minimum absolute atomic E-state index is 0. The summed E-state index contributed by atoms with van der Waals surface area (Å²) in [5.74, 6) is 1.96. The van der Waals surface area contributed by atoms with Crippen molar-refractivity contribution in [2.75, 3.05) is 43.9 Å². The number of aromatic nitrogens is 3. The summed E-state index contributed by atoms with van der Waals surface area (Å²) >= 11 is 1.63. The summed E-state index contributed by atoms with van der Waals surface area (Å²) in [4.78, 5) is 8.94. The maximum atomic E-state index is 13.1. The van der Waals surface area contributed by atoms with Gasteiger partial charge < -0.3 is 20.1 Å². The van der Waals surface area contributed by atoms with Crippen LogP contribution in [0.5, 0.6) is 0 Å². The zero-order chi connectivity index (χ0) is 21.5. The van der Waals surface area contributed by atoms with E-state index in [0.717, 1.165) is 62.2 Å². The van der Waals surface area contributed by atoms with E-state index in [2.05, 4.69) is 43.4 Å². The van der Waals surface area contributed by atoms with E-state index in [-0.39, 0.29) is 29.8 Å². The third-order valence-corrected chi connectivity index (χ3v) is 5.82. The van der Waals surface area contributed by atoms with Crippen molar-refractivity contribution in [3.63, 3.8) is 0 Å². The number of aliphatic imine (C=N–C) groups is 1. The molecule has 0 aliphatic carbocycles. The number of guanidine groups is 1. The molecule has 1 aliphatic heterocycles. The molecule has 1 saturated heterocycles. The highest BCUT2D eigenvalue weighted by Gasteiger charge is 2.18. The van der Waals surface area contributed by atoms with Crippen LogP contribution in [0.25, 0.3) is 0 Å². The van der Waals surface area contributed by atoms with Crippen molar-refractivity contribution in [1.82, 2.24) is 19.7 Å². The summed E-state index contributed by atoms with van der Waals surface area (Å²) in [6.45, 7) is 9.33. The first kappa shape index (κ1) is 25.7. The Kier molecular flexibility index (Phi) is 10.3. The molecular weight excluding hydrogens is 528 g/mol. The number of thioether (sulfide) groups is 1. The second kappa shape index (κ2) is 12.5. The van der Waals surface area contributed by atoms with Crippen LogP contribution >= 0.6 is 35.7 Å². The molecule has 31 heavy (non-hydrogen) atoms. The summed E-state index contributed by atoms with van der Waals surface area (Å²) in [6.07, 6.45) is 3.77. The number of aryl methyl sites for hydroxylation is 1. The number of hydrogen-bond donors (Lipinski definition) is 1. The molecule has 1 aliphatic rings. The van der Waals surface area contributed by atoms with Crippen molar-refractivity contribution < 1.29 is 4.39 Å². The van der Waals surface area contributed by atoms with Crippen molar-refractivity contribution in [3.8, 4) is 0 Å². The maximum absolute atomic E-state index is 13.1. The van der Waals surface area contributed by atoms with Gasteiger partial charge >= 0.3 is 0 Å². The average molecular weight is 562 g/mol. The van der Waals surface area contributed by atoms with Crippen molar-refractivity contribution in [2.24, 2.45) is 16.6 Å². The Bertz CT molecular complexity index is 833. The molecule has 1 fully saturated rings. The fourth-order valence-electron chi connectivity index (χ4n) is 3.58. The summed E-state index contributed by atoms with van der Waals surface area (Å²) in [6, 6.07) is 6.65. The number of nitrogens with zero attached hydrogens (tertiary/aromatic N) is 6. The zero-order valence-electron chi connectivity index (χ0n) is 18.5. The Hall–Kier alpha value is -1.56. The number of anilines is 1. The van der Waals surface area contributed by atoms with E-state index in [1.54, 1.807) is 11.8 Å². The number of halogens is 2. The van der Waals surface area contributed by atoms with E-state index < -0.39 is 0 Å². The van der Waals surface area contributed by atoms with Crippen LogP contribution in [-0.4, -0.2) is 64.6 Å². The standard InChI is InChI=1S/C21H32FN7S.HI/c1-16(2)15-29-19(25-26-21(29)30-3)5-4-10-24-20(23)28-13-11-27(12-14-28)18-8-6-17(22)7-9-18;/h6-9,16H,4-5,10-15H2,1-3H3,(H2,23,24);1H. The molecule has 10 heteroatoms. The highest BCUT2D eigenvalue weighted by Crippen LogP contribution is 2.18. The second-order valence-electron chi connectivity index (χ2n) is 7.90. The molecule has 1 aromatic heterocycles. The molecule has 0 radical (unpaired) electrons. The Morgan fingerprint density at radius 3 is 2.45 bits per heavy atom. The average Bonchev–Trinajstić information content (AvgIpc) is 3.12. The summed E-state index contributed by atoms with van der Waals surface area (Å²) in [7, 11) is 0. The summed E-state index contributed by atoms with van der Waals surface area (Å²) < 4.78 is 15.3. The van der Waals surface area contributed by atoms with Crippen LogP contribution in [0.3, 0.4) is 0 Å². The van der Waals surface area contributed by atoms with Gasteiger partial charge in [-0.15, -0.1) is 34.2 Å². The minimum atomic E-state index is -0.208. The second-order valence-corrected chi connectivity index (χ2v) is 8.67. The van der Waals surface area contributed by atoms with E-state index in [9.17, 15) is 4.39 Å². The molecule has 0 atom stereocenters. The molecule has 0 bridgehead atoms. The molecule has 0 amide bonds. The van der Waals surface area contributed by atoms with Gasteiger partial charge in [-0.05, 0) is 42.9 Å². The first-order chi connectivity index (χ1) is 14.5. The van der Waals surface area contributed by atoms with E-state index in [1.807, 2.05) is 18.4 Å². The van der Waals surface area contributed by atoms with Gasteiger partial charge in [-0.3, -0.25) is 4.99 Å². The molecule has 172 valence electrons. The Morgan fingerprint density at radius 1 is 1.16 bits per heavy atom. The van der Waals surface area contributed by atoms with Crippen LogP contribution in [0.15, 0.2) is 34.4 Å². The molecule has 3 rings (SSSR count). The maximum Gasteiger partial charge on any atom is 0.191 e. The van der Waals surface area contributed by atoms with Gasteiger partial charge in [-0.25, -0.2) is 4.39 Å². The highest BCUT2D eigenvalue weighted by atomic mass is 127. The Labute approximate surface area is 205 Å². The highest BCUT2D eigenvalue weighted by molar-refractivity contribution is 14.0. The van der Waals surface area contributed by atoms with Crippen molar-refractivity contribution in [3.05, 3.63) is 35.9 Å². The summed E-state index contributed by atoms with van der Waals surface area (Å²) in [5, 5.41) is 9.63. The van der Waals surface area contributed by atoms with Gasteiger partial charge in [0.25, 0.3) is 0 Å². The Balaban J connectivity index is 0.00000341. The quantitative estimate of drug-likeness (QED) is 0.175. The van der Waals surface area contributed by atoms with Crippen LogP contribution in [0.1, 0.15) is 26.1 Å². The molecular formula is C21H33FIN7S. The van der Waals surface area contributed by atoms with Gasteiger partial charge in [-0.2, -0.15) is 0 Å². The number of benzene rings is 1. The van der Waals surface area contributed by atoms with Gasteiger partial charge in [-0.1, -0.05) is 25.6 Å². The van der Waals surface area contributed by atoms with Crippen molar-refractivity contribution in [1.29, 1.82) is 0 Å². The molecule has 0 unspecified atom stereocenters. The summed E-state index contributed by atoms with van der Waals surface area (Å²) in [5.41, 5.74) is 7.27. The minimum Gasteiger partial charge on any atom is -0.370 e. The van der Waals surface area contributed by atoms with Gasteiger partial charge in [0.05, 0.1) is 0 Å². The SMILES string of the molecule is CSc1nnc(CCCN=C(N)N2CCN(c3ccc(F)cc3)CC2)n1CC(C)C.I. The predicted octanol–water partition coefficient (Wildman–Crippen LogP) is 3.48. The normalized spacial score (nSPS) is 14.8. The van der Waals surface area contributed by atoms with Gasteiger partial charge in [0.15, 0.2) is 11.1 Å². The lowest BCUT2D eigenvalue weighted by Gasteiger charge is -2.36. The molecule has 7 nitrogen and oxygen atoms in total. The number of piperazine rings is 1. The lowest BCUT2D eigenvalue weighted by Crippen LogP contribution is -2.51. The predicted molar refractivity (Wildman–Crippen MR) is 137 cm³/mol. The molecule has 2 heterocycles. The van der Waals surface area contributed by atoms with Gasteiger partial charge in [0.2, 0.25) is 0 Å². The van der Waals surface area contributed by atoms with Gasteiger partial charge in [0.1, 0.15) is 11.6 Å². The van der Waals surface area contributed by atoms with Gasteiger partial charge in [0, 0.05) is 51.4 Å². The van der Waals surface area contributed by atoms with Crippen molar-refractivity contribution in [2.45, 2.75) is 38.4 Å². The van der Waals surface area contributed by atoms with Crippen LogP contribution in [0, 0.1) is 11.7 Å². The third kappa shape index (κ3) is 7.23. The largest absolute Gasteiger partial charge is 0.370 e. The zero-order valence-corrected chi connectivity index (χ0v) is 21.6. The third-order valence-electron chi connectivity index (χ3n) is 5.15. The molecule has 2 aromatic rings. The first-order valence-corrected chi connectivity index (χ1v) is 11.7. The number of rotatable bonds is 8. The molecule has 1 aromatic carbocycles. The van der Waals surface area contributed by atoms with Crippen LogP contribution in [0.4, 0.5) is 10.1 Å². The topological polar surface area (TPSA) is 75.6 Å². The van der Waals surface area contributed by atoms with E-state index in [4.69, 9.17) is 5.73 Å². The molecule has 0 spiro atoms. The Morgan fingerprint density at radius 2 is 1.84 bits per heavy atom. The van der Waals surface area contributed by atoms with Crippen LogP contribution < -0.4 is 10.6 Å². The van der Waals surface area contributed by atoms with E-state index in [1.165, 1.54) is 12.1 Å². The molecule has 0 saturated carbocycles. The molecule has 2 N–H and O–H groups in total.